The summed E-state index contributed by atoms with van der Waals surface area (Å²) in [6.07, 6.45) is 3.58. The fourth-order valence-electron chi connectivity index (χ4n) is 3.78. The second kappa shape index (κ2) is 4.45. The van der Waals surface area contributed by atoms with Crippen molar-refractivity contribution >= 4 is 11.9 Å². The molecule has 0 N–H and O–H groups in total. The van der Waals surface area contributed by atoms with Gasteiger partial charge in [0.25, 0.3) is 0 Å². The van der Waals surface area contributed by atoms with Gasteiger partial charge in [-0.25, -0.2) is 4.79 Å². The minimum Gasteiger partial charge on any atom is -0.462 e. The smallest absolute Gasteiger partial charge is 0.338 e. The third-order valence-corrected chi connectivity index (χ3v) is 5.04. The summed E-state index contributed by atoms with van der Waals surface area (Å²) in [5, 5.41) is 0. The van der Waals surface area contributed by atoms with Gasteiger partial charge in [0.15, 0.2) is 6.10 Å². The van der Waals surface area contributed by atoms with E-state index in [0.29, 0.717) is 11.3 Å². The first kappa shape index (κ1) is 13.9. The van der Waals surface area contributed by atoms with Gasteiger partial charge in [0, 0.05) is 19.8 Å². The standard InChI is InChI=1S/C15H22O5/c1-14(2)19-11(13(17)20-14)8-12(16)18-10-5-7-15(3)6-4-9(10)15/h9-11H,4-8H2,1-3H3/t9?,10?,11-,15?/m0/s1. The van der Waals surface area contributed by atoms with Gasteiger partial charge in [-0.05, 0) is 31.1 Å². The maximum atomic E-state index is 12.0. The van der Waals surface area contributed by atoms with Gasteiger partial charge in [0.2, 0.25) is 5.79 Å². The lowest BCUT2D eigenvalue weighted by Crippen LogP contribution is -2.39. The van der Waals surface area contributed by atoms with E-state index in [9.17, 15) is 9.59 Å². The topological polar surface area (TPSA) is 61.8 Å². The zero-order chi connectivity index (χ0) is 14.5. The summed E-state index contributed by atoms with van der Waals surface area (Å²) in [5.41, 5.74) is 0.371. The van der Waals surface area contributed by atoms with Crippen LogP contribution >= 0.6 is 0 Å². The van der Waals surface area contributed by atoms with Crippen LogP contribution in [0.25, 0.3) is 0 Å². The maximum absolute atomic E-state index is 12.0. The molecule has 5 heteroatoms. The SMILES string of the molecule is CC1(C)OC(=O)[C@H](CC(=O)OC2CCC3(C)CCC23)O1. The Hall–Kier alpha value is -1.10. The van der Waals surface area contributed by atoms with Crippen LogP contribution < -0.4 is 0 Å². The van der Waals surface area contributed by atoms with Crippen LogP contribution in [0.3, 0.4) is 0 Å². The van der Waals surface area contributed by atoms with Crippen molar-refractivity contribution < 1.29 is 23.8 Å². The van der Waals surface area contributed by atoms with Crippen molar-refractivity contribution in [2.75, 3.05) is 0 Å². The normalized spacial score (nSPS) is 41.8. The maximum Gasteiger partial charge on any atom is 0.338 e. The Labute approximate surface area is 118 Å². The highest BCUT2D eigenvalue weighted by molar-refractivity contribution is 5.83. The molecule has 20 heavy (non-hydrogen) atoms. The van der Waals surface area contributed by atoms with Gasteiger partial charge in [-0.15, -0.1) is 0 Å². The summed E-state index contributed by atoms with van der Waals surface area (Å²) in [6, 6.07) is 0. The summed E-state index contributed by atoms with van der Waals surface area (Å²) in [5.74, 6) is -1.28. The number of ether oxygens (including phenoxy) is 3. The zero-order valence-corrected chi connectivity index (χ0v) is 12.3. The van der Waals surface area contributed by atoms with Crippen molar-refractivity contribution in [3.63, 3.8) is 0 Å². The first-order valence-electron chi connectivity index (χ1n) is 7.39. The van der Waals surface area contributed by atoms with E-state index in [-0.39, 0.29) is 18.5 Å². The lowest BCUT2D eigenvalue weighted by atomic mass is 9.63. The predicted molar refractivity (Wildman–Crippen MR) is 69.6 cm³/mol. The minimum atomic E-state index is -0.943. The number of carbonyl (C=O) groups is 2. The molecule has 0 aromatic carbocycles. The van der Waals surface area contributed by atoms with Gasteiger partial charge >= 0.3 is 11.9 Å². The molecule has 3 unspecified atom stereocenters. The number of rotatable bonds is 3. The molecule has 3 rings (SSSR count). The quantitative estimate of drug-likeness (QED) is 0.742. The van der Waals surface area contributed by atoms with E-state index in [1.807, 2.05) is 0 Å². The molecule has 0 radical (unpaired) electrons. The van der Waals surface area contributed by atoms with Crippen molar-refractivity contribution in [3.05, 3.63) is 0 Å². The highest BCUT2D eigenvalue weighted by Crippen LogP contribution is 2.58. The van der Waals surface area contributed by atoms with E-state index >= 15 is 0 Å². The number of carbonyl (C=O) groups excluding carboxylic acids is 2. The Morgan fingerprint density at radius 3 is 2.50 bits per heavy atom. The van der Waals surface area contributed by atoms with Crippen LogP contribution in [-0.4, -0.2) is 29.9 Å². The van der Waals surface area contributed by atoms with E-state index in [2.05, 4.69) is 6.92 Å². The third-order valence-electron chi connectivity index (χ3n) is 5.04. The van der Waals surface area contributed by atoms with Crippen molar-refractivity contribution in [1.82, 2.24) is 0 Å². The molecule has 1 aliphatic heterocycles. The molecular weight excluding hydrogens is 260 g/mol. The number of esters is 2. The third kappa shape index (κ3) is 2.32. The van der Waals surface area contributed by atoms with Gasteiger partial charge in [-0.3, -0.25) is 4.79 Å². The van der Waals surface area contributed by atoms with Crippen LogP contribution in [0.4, 0.5) is 0 Å². The summed E-state index contributed by atoms with van der Waals surface area (Å²) in [6.45, 7) is 5.59. The molecule has 0 amide bonds. The molecule has 2 aliphatic carbocycles. The first-order chi connectivity index (χ1) is 9.29. The van der Waals surface area contributed by atoms with Gasteiger partial charge in [0.1, 0.15) is 6.10 Å². The molecule has 1 heterocycles. The summed E-state index contributed by atoms with van der Waals surface area (Å²) >= 11 is 0. The summed E-state index contributed by atoms with van der Waals surface area (Å²) in [7, 11) is 0. The van der Waals surface area contributed by atoms with Crippen molar-refractivity contribution in [3.8, 4) is 0 Å². The van der Waals surface area contributed by atoms with Crippen LogP contribution in [0.1, 0.15) is 52.9 Å². The fourth-order valence-corrected chi connectivity index (χ4v) is 3.78. The van der Waals surface area contributed by atoms with Gasteiger partial charge in [0.05, 0.1) is 6.42 Å². The summed E-state index contributed by atoms with van der Waals surface area (Å²) in [4.78, 5) is 23.6. The van der Waals surface area contributed by atoms with E-state index < -0.39 is 17.9 Å². The van der Waals surface area contributed by atoms with Crippen LogP contribution in [-0.2, 0) is 23.8 Å². The van der Waals surface area contributed by atoms with Crippen molar-refractivity contribution in [2.24, 2.45) is 11.3 Å². The highest BCUT2D eigenvalue weighted by Gasteiger charge is 2.53. The number of hydrogen-bond acceptors (Lipinski definition) is 5. The van der Waals surface area contributed by atoms with E-state index in [1.165, 1.54) is 6.42 Å². The molecule has 0 aromatic rings. The monoisotopic (exact) mass is 282 g/mol. The van der Waals surface area contributed by atoms with Crippen LogP contribution in [0.2, 0.25) is 0 Å². The highest BCUT2D eigenvalue weighted by atomic mass is 16.8. The fraction of sp³-hybridized carbons (Fsp3) is 0.867. The molecule has 1 saturated heterocycles. The largest absolute Gasteiger partial charge is 0.462 e. The lowest BCUT2D eigenvalue weighted by Gasteiger charge is -2.43. The Morgan fingerprint density at radius 1 is 1.30 bits per heavy atom. The lowest BCUT2D eigenvalue weighted by molar-refractivity contribution is -0.163. The number of hydrogen-bond donors (Lipinski definition) is 0. The van der Waals surface area contributed by atoms with E-state index in [1.54, 1.807) is 13.8 Å². The van der Waals surface area contributed by atoms with Crippen molar-refractivity contribution in [1.29, 1.82) is 0 Å². The molecule has 0 bridgehead atoms. The van der Waals surface area contributed by atoms with Crippen molar-refractivity contribution in [2.45, 2.75) is 70.9 Å². The average Bonchev–Trinajstić information content (AvgIpc) is 2.67. The Morgan fingerprint density at radius 2 is 2.00 bits per heavy atom. The second-order valence-corrected chi connectivity index (χ2v) is 7.00. The van der Waals surface area contributed by atoms with E-state index in [0.717, 1.165) is 19.3 Å². The first-order valence-corrected chi connectivity index (χ1v) is 7.39. The predicted octanol–water partition coefficient (Wildman–Crippen LogP) is 2.18. The number of cyclic esters (lactones) is 1. The molecule has 112 valence electrons. The van der Waals surface area contributed by atoms with Gasteiger partial charge < -0.3 is 14.2 Å². The average molecular weight is 282 g/mol. The second-order valence-electron chi connectivity index (χ2n) is 7.00. The Bertz CT molecular complexity index is 444. The molecule has 2 saturated carbocycles. The molecular formula is C15H22O5. The molecule has 0 aromatic heterocycles. The summed E-state index contributed by atoms with van der Waals surface area (Å²) < 4.78 is 16.0. The molecule has 3 fully saturated rings. The molecule has 5 nitrogen and oxygen atoms in total. The molecule has 0 spiro atoms. The van der Waals surface area contributed by atoms with Crippen LogP contribution in [0.15, 0.2) is 0 Å². The van der Waals surface area contributed by atoms with Crippen LogP contribution in [0, 0.1) is 11.3 Å². The zero-order valence-electron chi connectivity index (χ0n) is 12.3. The van der Waals surface area contributed by atoms with Gasteiger partial charge in [-0.2, -0.15) is 0 Å². The Kier molecular flexibility index (Phi) is 3.08. The number of fused-ring (bicyclic) bond motifs is 1. The minimum absolute atomic E-state index is 0.0201. The van der Waals surface area contributed by atoms with Gasteiger partial charge in [-0.1, -0.05) is 6.92 Å². The van der Waals surface area contributed by atoms with Crippen LogP contribution in [0.5, 0.6) is 0 Å². The van der Waals surface area contributed by atoms with E-state index in [4.69, 9.17) is 14.2 Å². The Balaban J connectivity index is 1.52. The molecule has 3 aliphatic rings. The molecule has 4 atom stereocenters.